The number of rotatable bonds is 2. The Hall–Kier alpha value is -2.17. The van der Waals surface area contributed by atoms with E-state index in [0.29, 0.717) is 6.04 Å². The Balaban J connectivity index is 0.000000193. The van der Waals surface area contributed by atoms with Gasteiger partial charge in [0, 0.05) is 67.1 Å². The normalized spacial score (nSPS) is 18.8. The highest BCUT2D eigenvalue weighted by atomic mass is 79.9. The van der Waals surface area contributed by atoms with Crippen molar-refractivity contribution in [3.63, 3.8) is 0 Å². The topological polar surface area (TPSA) is 101 Å². The smallest absolute Gasteiger partial charge is 0.310 e. The van der Waals surface area contributed by atoms with Gasteiger partial charge in [-0.25, -0.2) is 0 Å². The van der Waals surface area contributed by atoms with Crippen molar-refractivity contribution in [2.24, 2.45) is 0 Å². The lowest BCUT2D eigenvalue weighted by Crippen LogP contribution is -2.28. The minimum atomic E-state index is -0.562. The molecule has 0 radical (unpaired) electrons. The Kier molecular flexibility index (Phi) is 11.8. The zero-order valence-corrected chi connectivity index (χ0v) is 22.8. The maximum absolute atomic E-state index is 11.4. The molecule has 8 nitrogen and oxygen atoms in total. The maximum Gasteiger partial charge on any atom is 0.310 e. The molecule has 10 heteroatoms. The summed E-state index contributed by atoms with van der Waals surface area (Å²) in [6.07, 6.45) is 12.0. The number of carbonyl (C=O) groups is 3. The third kappa shape index (κ3) is 9.60. The summed E-state index contributed by atoms with van der Waals surface area (Å²) in [5, 5.41) is 3.44. The largest absolute Gasteiger partial charge is 0.394 e. The zero-order valence-electron chi connectivity index (χ0n) is 19.6. The van der Waals surface area contributed by atoms with Crippen LogP contribution in [0, 0.1) is 0 Å². The number of nitrogens with zero attached hydrogens (tertiary/aromatic N) is 3. The van der Waals surface area contributed by atoms with Crippen LogP contribution in [0.5, 0.6) is 0 Å². The van der Waals surface area contributed by atoms with Crippen LogP contribution in [-0.2, 0) is 19.1 Å². The number of likely N-dealkylation sites (tertiary alicyclic amines) is 1. The summed E-state index contributed by atoms with van der Waals surface area (Å²) in [5.41, 5.74) is 2.42. The van der Waals surface area contributed by atoms with Gasteiger partial charge in [-0.15, -0.1) is 0 Å². The minimum Gasteiger partial charge on any atom is -0.394 e. The van der Waals surface area contributed by atoms with Gasteiger partial charge in [0.25, 0.3) is 0 Å². The van der Waals surface area contributed by atoms with Crippen molar-refractivity contribution in [3.05, 3.63) is 57.0 Å². The van der Waals surface area contributed by atoms with Crippen molar-refractivity contribution in [2.45, 2.75) is 58.5 Å². The molecule has 2 aromatic rings. The number of amides is 1. The summed E-state index contributed by atoms with van der Waals surface area (Å²) in [6, 6.07) is 4.91. The fourth-order valence-corrected chi connectivity index (χ4v) is 4.66. The molecule has 1 amide bonds. The number of hydrogen-bond acceptors (Lipinski definition) is 7. The molecule has 0 spiro atoms. The van der Waals surface area contributed by atoms with E-state index in [1.54, 1.807) is 13.1 Å². The molecule has 2 aliphatic heterocycles. The summed E-state index contributed by atoms with van der Waals surface area (Å²) < 4.78 is 6.00. The Morgan fingerprint density at radius 2 is 1.50 bits per heavy atom. The molecule has 4 heterocycles. The Bertz CT molecular complexity index is 971. The second kappa shape index (κ2) is 14.3. The highest BCUT2D eigenvalue weighted by Gasteiger charge is 2.27. The van der Waals surface area contributed by atoms with Crippen LogP contribution in [0.25, 0.3) is 0 Å². The minimum absolute atomic E-state index is 0.150. The number of esters is 2. The number of ether oxygens (including phenoxy) is 1. The molecule has 2 aliphatic rings. The summed E-state index contributed by atoms with van der Waals surface area (Å²) in [5.74, 6) is -0.975. The van der Waals surface area contributed by atoms with Gasteiger partial charge in [-0.1, -0.05) is 0 Å². The number of pyridine rings is 2. The predicted octanol–water partition coefficient (Wildman–Crippen LogP) is 4.89. The standard InChI is InChI=1S/C11H13BrN2O.C9H11BrN2.C4H6O3/c1-8(15)14-4-2-3-11(14)9-5-10(12)7-13-6-9;10-8-4-7(5-11-6-8)9-2-1-3-12-9;1-3(5)7-4(2)6/h5-7,11H,2-4H2,1H3;4-6,9,12H,1-3H2;1-2H3. The molecule has 4 rings (SSSR count). The molecule has 34 heavy (non-hydrogen) atoms. The average Bonchev–Trinajstić information content (AvgIpc) is 3.46. The van der Waals surface area contributed by atoms with Crippen LogP contribution in [0.3, 0.4) is 0 Å². The lowest BCUT2D eigenvalue weighted by Gasteiger charge is -2.23. The van der Waals surface area contributed by atoms with Crippen molar-refractivity contribution < 1.29 is 19.1 Å². The van der Waals surface area contributed by atoms with E-state index in [0.717, 1.165) is 40.4 Å². The first-order valence-electron chi connectivity index (χ1n) is 11.1. The third-order valence-corrected chi connectivity index (χ3v) is 6.11. The first-order valence-corrected chi connectivity index (χ1v) is 12.7. The van der Waals surface area contributed by atoms with Crippen LogP contribution in [0.2, 0.25) is 0 Å². The first kappa shape index (κ1) is 28.1. The van der Waals surface area contributed by atoms with Crippen molar-refractivity contribution in [1.29, 1.82) is 0 Å². The molecule has 184 valence electrons. The monoisotopic (exact) mass is 596 g/mol. The Morgan fingerprint density at radius 1 is 0.912 bits per heavy atom. The second-order valence-electron chi connectivity index (χ2n) is 7.98. The van der Waals surface area contributed by atoms with E-state index in [-0.39, 0.29) is 11.9 Å². The third-order valence-electron chi connectivity index (χ3n) is 5.24. The number of aromatic nitrogens is 2. The maximum atomic E-state index is 11.4. The van der Waals surface area contributed by atoms with Crippen LogP contribution in [-0.4, -0.2) is 45.8 Å². The fourth-order valence-electron chi connectivity index (χ4n) is 3.89. The van der Waals surface area contributed by atoms with Gasteiger partial charge in [0.1, 0.15) is 0 Å². The second-order valence-corrected chi connectivity index (χ2v) is 9.81. The molecule has 0 saturated carbocycles. The van der Waals surface area contributed by atoms with E-state index in [2.05, 4.69) is 57.9 Å². The van der Waals surface area contributed by atoms with E-state index >= 15 is 0 Å². The Morgan fingerprint density at radius 3 is 1.97 bits per heavy atom. The van der Waals surface area contributed by atoms with Gasteiger partial charge in [-0.05, 0) is 87.3 Å². The molecule has 1 N–H and O–H groups in total. The lowest BCUT2D eigenvalue weighted by molar-refractivity contribution is -0.156. The molecular weight excluding hydrogens is 568 g/mol. The highest BCUT2D eigenvalue weighted by molar-refractivity contribution is 9.10. The van der Waals surface area contributed by atoms with E-state index < -0.39 is 11.9 Å². The molecule has 0 aliphatic carbocycles. The molecule has 2 fully saturated rings. The van der Waals surface area contributed by atoms with Gasteiger partial charge < -0.3 is 15.0 Å². The van der Waals surface area contributed by atoms with Crippen molar-refractivity contribution >= 4 is 49.7 Å². The van der Waals surface area contributed by atoms with E-state index in [4.69, 9.17) is 0 Å². The number of halogens is 2. The molecular formula is C24H30Br2N4O4. The van der Waals surface area contributed by atoms with Crippen LogP contribution >= 0.6 is 31.9 Å². The van der Waals surface area contributed by atoms with E-state index in [9.17, 15) is 14.4 Å². The molecule has 2 unspecified atom stereocenters. The average molecular weight is 598 g/mol. The van der Waals surface area contributed by atoms with E-state index in [1.807, 2.05) is 29.6 Å². The Labute approximate surface area is 217 Å². The van der Waals surface area contributed by atoms with Crippen LogP contribution in [0.4, 0.5) is 0 Å². The summed E-state index contributed by atoms with van der Waals surface area (Å²) in [6.45, 7) is 6.00. The van der Waals surface area contributed by atoms with Crippen LogP contribution in [0.15, 0.2) is 45.9 Å². The quantitative estimate of drug-likeness (QED) is 0.388. The van der Waals surface area contributed by atoms with Gasteiger partial charge in [0.05, 0.1) is 6.04 Å². The number of hydrogen-bond donors (Lipinski definition) is 1. The highest BCUT2D eigenvalue weighted by Crippen LogP contribution is 2.32. The molecule has 0 aromatic carbocycles. The van der Waals surface area contributed by atoms with Gasteiger partial charge in [0.2, 0.25) is 5.91 Å². The number of carbonyl (C=O) groups excluding carboxylic acids is 3. The number of nitrogens with one attached hydrogen (secondary N) is 1. The molecule has 0 bridgehead atoms. The van der Waals surface area contributed by atoms with Crippen molar-refractivity contribution in [3.8, 4) is 0 Å². The fraction of sp³-hybridized carbons (Fsp3) is 0.458. The lowest BCUT2D eigenvalue weighted by atomic mass is 10.1. The molecule has 2 atom stereocenters. The van der Waals surface area contributed by atoms with E-state index in [1.165, 1.54) is 32.3 Å². The predicted molar refractivity (Wildman–Crippen MR) is 136 cm³/mol. The summed E-state index contributed by atoms with van der Waals surface area (Å²) in [4.78, 5) is 41.2. The SMILES string of the molecule is Brc1cncc(C2CCCN2)c1.CC(=O)N1CCCC1c1cncc(Br)c1.CC(=O)OC(C)=O. The van der Waals surface area contributed by atoms with Crippen LogP contribution < -0.4 is 5.32 Å². The van der Waals surface area contributed by atoms with Crippen LogP contribution in [0.1, 0.15) is 69.7 Å². The first-order chi connectivity index (χ1) is 16.2. The summed E-state index contributed by atoms with van der Waals surface area (Å²) >= 11 is 6.82. The molecule has 2 saturated heterocycles. The van der Waals surface area contributed by atoms with Crippen molar-refractivity contribution in [1.82, 2.24) is 20.2 Å². The molecule has 2 aromatic heterocycles. The van der Waals surface area contributed by atoms with Gasteiger partial charge >= 0.3 is 11.9 Å². The van der Waals surface area contributed by atoms with Gasteiger partial charge in [-0.3, -0.25) is 24.4 Å². The zero-order chi connectivity index (χ0) is 25.1. The van der Waals surface area contributed by atoms with Crippen molar-refractivity contribution in [2.75, 3.05) is 13.1 Å². The summed E-state index contributed by atoms with van der Waals surface area (Å²) in [7, 11) is 0. The van der Waals surface area contributed by atoms with Gasteiger partial charge in [-0.2, -0.15) is 0 Å². The van der Waals surface area contributed by atoms with Gasteiger partial charge in [0.15, 0.2) is 0 Å².